The van der Waals surface area contributed by atoms with Gasteiger partial charge in [-0.15, -0.1) is 0 Å². The number of hydrogen-bond acceptors (Lipinski definition) is 5. The lowest BCUT2D eigenvalue weighted by molar-refractivity contribution is -0.144. The molecule has 6 aromatic rings. The molecule has 2 heterocycles. The van der Waals surface area contributed by atoms with Crippen LogP contribution in [0.5, 0.6) is 0 Å². The Hall–Kier alpha value is -6.18. The molecule has 6 rings (SSSR count). The van der Waals surface area contributed by atoms with Crippen LogP contribution in [0.15, 0.2) is 122 Å². The quantitative estimate of drug-likeness (QED) is 0.105. The summed E-state index contributed by atoms with van der Waals surface area (Å²) >= 11 is 0. The molecule has 280 valence electrons. The van der Waals surface area contributed by atoms with E-state index in [9.17, 15) is 35.9 Å². The van der Waals surface area contributed by atoms with Crippen molar-refractivity contribution in [3.63, 3.8) is 0 Å². The molecule has 2 aromatic heterocycles. The Labute approximate surface area is 306 Å². The SMILES string of the molecule is CCOC(=O)Cn1cc(-c2ccccc2Cc2cccc(C(F)(F)F)c2)cn1.O=C(O)Cn1cc(-c2ccccc2Cc2cccc(C(F)(F)F)c2)cn1. The number of nitrogens with zero attached hydrogens (tertiary/aromatic N) is 4. The largest absolute Gasteiger partial charge is 0.480 e. The van der Waals surface area contributed by atoms with E-state index in [0.717, 1.165) is 46.0 Å². The van der Waals surface area contributed by atoms with Crippen LogP contribution in [0.1, 0.15) is 40.3 Å². The van der Waals surface area contributed by atoms with Gasteiger partial charge in [0, 0.05) is 23.5 Å². The molecule has 0 aliphatic heterocycles. The minimum absolute atomic E-state index is 0.00361. The fraction of sp³-hybridized carbons (Fsp3) is 0.200. The molecule has 8 nitrogen and oxygen atoms in total. The normalized spacial score (nSPS) is 11.5. The lowest BCUT2D eigenvalue weighted by atomic mass is 9.96. The maximum absolute atomic E-state index is 13.0. The molecule has 0 aliphatic carbocycles. The van der Waals surface area contributed by atoms with E-state index >= 15 is 0 Å². The van der Waals surface area contributed by atoms with E-state index in [2.05, 4.69) is 10.2 Å². The molecule has 0 fully saturated rings. The van der Waals surface area contributed by atoms with Gasteiger partial charge in [0.15, 0.2) is 0 Å². The molecule has 0 bridgehead atoms. The number of carboxylic acid groups (broad SMARTS) is 1. The molecule has 14 heteroatoms. The molecule has 0 spiro atoms. The van der Waals surface area contributed by atoms with Gasteiger partial charge in [0.2, 0.25) is 0 Å². The summed E-state index contributed by atoms with van der Waals surface area (Å²) in [4.78, 5) is 22.4. The Balaban J connectivity index is 0.000000208. The van der Waals surface area contributed by atoms with E-state index in [1.165, 1.54) is 27.6 Å². The van der Waals surface area contributed by atoms with Crippen molar-refractivity contribution in [1.29, 1.82) is 0 Å². The molecule has 0 radical (unpaired) electrons. The van der Waals surface area contributed by atoms with Crippen molar-refractivity contribution >= 4 is 11.9 Å². The highest BCUT2D eigenvalue weighted by Crippen LogP contribution is 2.33. The third-order valence-corrected chi connectivity index (χ3v) is 8.11. The summed E-state index contributed by atoms with van der Waals surface area (Å²) in [6.45, 7) is 1.78. The Morgan fingerprint density at radius 1 is 0.648 bits per heavy atom. The lowest BCUT2D eigenvalue weighted by Gasteiger charge is -2.11. The summed E-state index contributed by atoms with van der Waals surface area (Å²) in [5.41, 5.74) is 4.65. The lowest BCUT2D eigenvalue weighted by Crippen LogP contribution is -2.13. The number of esters is 1. The Morgan fingerprint density at radius 2 is 1.09 bits per heavy atom. The number of carbonyl (C=O) groups excluding carboxylic acids is 1. The highest BCUT2D eigenvalue weighted by Gasteiger charge is 2.31. The van der Waals surface area contributed by atoms with Gasteiger partial charge in [-0.05, 0) is 65.3 Å². The van der Waals surface area contributed by atoms with Crippen molar-refractivity contribution in [2.45, 2.75) is 45.2 Å². The van der Waals surface area contributed by atoms with Gasteiger partial charge in [0.1, 0.15) is 13.1 Å². The van der Waals surface area contributed by atoms with Crippen molar-refractivity contribution in [2.24, 2.45) is 0 Å². The molecular formula is C40H34F6N4O4. The number of aliphatic carboxylic acids is 1. The second-order valence-electron chi connectivity index (χ2n) is 12.1. The third kappa shape index (κ3) is 10.7. The summed E-state index contributed by atoms with van der Waals surface area (Å²) in [5.74, 6) is -1.38. The van der Waals surface area contributed by atoms with Crippen LogP contribution in [0, 0.1) is 0 Å². The topological polar surface area (TPSA) is 99.2 Å². The Kier molecular flexibility index (Phi) is 12.4. The minimum Gasteiger partial charge on any atom is -0.480 e. The van der Waals surface area contributed by atoms with Crippen molar-refractivity contribution in [1.82, 2.24) is 19.6 Å². The first-order valence-corrected chi connectivity index (χ1v) is 16.6. The predicted octanol–water partition coefficient (Wildman–Crippen LogP) is 8.97. The number of rotatable bonds is 11. The van der Waals surface area contributed by atoms with Crippen LogP contribution < -0.4 is 0 Å². The molecule has 54 heavy (non-hydrogen) atoms. The summed E-state index contributed by atoms with van der Waals surface area (Å²) in [7, 11) is 0. The summed E-state index contributed by atoms with van der Waals surface area (Å²) in [5, 5.41) is 17.0. The summed E-state index contributed by atoms with van der Waals surface area (Å²) in [6, 6.07) is 25.3. The number of benzene rings is 4. The van der Waals surface area contributed by atoms with E-state index in [1.54, 1.807) is 43.8 Å². The fourth-order valence-electron chi connectivity index (χ4n) is 5.72. The average molecular weight is 749 g/mol. The number of alkyl halides is 6. The molecule has 0 saturated heterocycles. The van der Waals surface area contributed by atoms with Crippen LogP contribution in [0.25, 0.3) is 22.3 Å². The van der Waals surface area contributed by atoms with Crippen LogP contribution in [0.3, 0.4) is 0 Å². The minimum atomic E-state index is -4.38. The van der Waals surface area contributed by atoms with Crippen LogP contribution in [-0.2, 0) is 52.6 Å². The van der Waals surface area contributed by atoms with E-state index in [-0.39, 0.29) is 19.1 Å². The van der Waals surface area contributed by atoms with Gasteiger partial charge in [-0.25, -0.2) is 0 Å². The molecule has 0 saturated carbocycles. The predicted molar refractivity (Wildman–Crippen MR) is 188 cm³/mol. The van der Waals surface area contributed by atoms with Gasteiger partial charge >= 0.3 is 24.3 Å². The van der Waals surface area contributed by atoms with Crippen LogP contribution in [0.4, 0.5) is 26.3 Å². The molecule has 0 unspecified atom stereocenters. The Bertz CT molecular complexity index is 2210. The first-order chi connectivity index (χ1) is 25.7. The molecule has 1 N–H and O–H groups in total. The van der Waals surface area contributed by atoms with Crippen molar-refractivity contribution in [2.75, 3.05) is 6.61 Å². The van der Waals surface area contributed by atoms with Gasteiger partial charge in [-0.3, -0.25) is 19.0 Å². The first kappa shape index (κ1) is 39.0. The standard InChI is InChI=1S/C21H19F3N2O2.C19H15F3N2O2/c1-2-28-20(27)14-26-13-17(12-25-26)19-9-4-3-7-16(19)10-15-6-5-8-18(11-15)21(22,23)24;20-19(21,22)16-6-3-4-13(9-16)8-14-5-1-2-7-17(14)15-10-23-24(11-15)12-18(25)26/h3-9,11-13H,2,10,14H2,1H3;1-7,9-11H,8,12H2,(H,25,26). The van der Waals surface area contributed by atoms with Crippen molar-refractivity contribution in [3.8, 4) is 22.3 Å². The number of halogens is 6. The monoisotopic (exact) mass is 748 g/mol. The molecular weight excluding hydrogens is 714 g/mol. The fourth-order valence-corrected chi connectivity index (χ4v) is 5.72. The van der Waals surface area contributed by atoms with E-state index in [1.807, 2.05) is 48.5 Å². The highest BCUT2D eigenvalue weighted by atomic mass is 19.4. The van der Waals surface area contributed by atoms with Crippen LogP contribution in [0.2, 0.25) is 0 Å². The molecule has 0 amide bonds. The zero-order valence-corrected chi connectivity index (χ0v) is 28.8. The first-order valence-electron chi connectivity index (χ1n) is 16.6. The zero-order chi connectivity index (χ0) is 38.9. The van der Waals surface area contributed by atoms with Gasteiger partial charge in [0.25, 0.3) is 0 Å². The maximum atomic E-state index is 13.0. The van der Waals surface area contributed by atoms with Crippen LogP contribution >= 0.6 is 0 Å². The number of carbonyl (C=O) groups is 2. The van der Waals surface area contributed by atoms with E-state index in [0.29, 0.717) is 36.1 Å². The molecule has 0 aliphatic rings. The van der Waals surface area contributed by atoms with Gasteiger partial charge in [0.05, 0.1) is 30.1 Å². The maximum Gasteiger partial charge on any atom is 0.416 e. The smallest absolute Gasteiger partial charge is 0.416 e. The van der Waals surface area contributed by atoms with E-state index < -0.39 is 29.4 Å². The zero-order valence-electron chi connectivity index (χ0n) is 28.8. The van der Waals surface area contributed by atoms with Gasteiger partial charge in [-0.2, -0.15) is 36.5 Å². The van der Waals surface area contributed by atoms with Gasteiger partial charge in [-0.1, -0.05) is 84.9 Å². The Morgan fingerprint density at radius 3 is 1.52 bits per heavy atom. The summed E-state index contributed by atoms with van der Waals surface area (Å²) in [6.07, 6.45) is -1.57. The second-order valence-corrected chi connectivity index (χ2v) is 12.1. The van der Waals surface area contributed by atoms with Crippen molar-refractivity contribution in [3.05, 3.63) is 155 Å². The number of aromatic nitrogens is 4. The number of ether oxygens (including phenoxy) is 1. The average Bonchev–Trinajstić information content (AvgIpc) is 3.78. The highest BCUT2D eigenvalue weighted by molar-refractivity contribution is 5.71. The van der Waals surface area contributed by atoms with Crippen LogP contribution in [-0.4, -0.2) is 43.2 Å². The number of hydrogen-bond donors (Lipinski definition) is 1. The van der Waals surface area contributed by atoms with Gasteiger partial charge < -0.3 is 9.84 Å². The van der Waals surface area contributed by atoms with E-state index in [4.69, 9.17) is 9.84 Å². The molecule has 4 aromatic carbocycles. The summed E-state index contributed by atoms with van der Waals surface area (Å²) < 4.78 is 85.3. The second kappa shape index (κ2) is 17.1. The van der Waals surface area contributed by atoms with Crippen molar-refractivity contribution < 1.29 is 45.8 Å². The number of carboxylic acids is 1. The third-order valence-electron chi connectivity index (χ3n) is 8.11. The molecule has 0 atom stereocenters.